The van der Waals surface area contributed by atoms with Gasteiger partial charge >= 0.3 is 0 Å². The summed E-state index contributed by atoms with van der Waals surface area (Å²) in [5.41, 5.74) is 1.17. The first-order valence-corrected chi connectivity index (χ1v) is 10.7. The molecule has 0 spiro atoms. The van der Waals surface area contributed by atoms with Gasteiger partial charge in [-0.3, -0.25) is 14.4 Å². The average Bonchev–Trinajstić information content (AvgIpc) is 2.81. The third-order valence-electron chi connectivity index (χ3n) is 5.42. The van der Waals surface area contributed by atoms with Gasteiger partial charge in [0.25, 0.3) is 11.8 Å². The molecule has 33 heavy (non-hydrogen) atoms. The molecule has 2 amide bonds. The number of hydrogen-bond acceptors (Lipinski definition) is 6. The number of amides is 2. The summed E-state index contributed by atoms with van der Waals surface area (Å²) in [6.45, 7) is 4.46. The van der Waals surface area contributed by atoms with Crippen LogP contribution in [0.1, 0.15) is 41.9 Å². The van der Waals surface area contributed by atoms with Crippen molar-refractivity contribution in [3.8, 4) is 5.75 Å². The van der Waals surface area contributed by atoms with Crippen molar-refractivity contribution in [2.75, 3.05) is 25.0 Å². The van der Waals surface area contributed by atoms with E-state index in [1.807, 2.05) is 6.92 Å². The molecule has 1 unspecified atom stereocenters. The van der Waals surface area contributed by atoms with Gasteiger partial charge in [0.1, 0.15) is 17.1 Å². The molecule has 10 heteroatoms. The molecule has 0 fully saturated rings. The molecule has 0 aliphatic carbocycles. The maximum absolute atomic E-state index is 15.0. The Hall–Kier alpha value is -3.37. The number of hydroxylamine groups is 2. The topological polar surface area (TPSA) is 92.8 Å². The van der Waals surface area contributed by atoms with E-state index in [9.17, 15) is 18.4 Å². The van der Waals surface area contributed by atoms with Crippen molar-refractivity contribution >= 4 is 23.1 Å². The van der Waals surface area contributed by atoms with Crippen LogP contribution in [0.3, 0.4) is 0 Å². The standard InChI is InChI=1S/C23H24F2N4O4/c1-3-17-23(31)28-20-18(33-17)8-5-13(19(20)24)11-29-10-9-14(12-32-29)15-6-7-16(27-21(15)25)22(30)26-4-2/h5-9,17H,3-4,10-12H2,1-2H3,(H,26,30)(H,28,31). The lowest BCUT2D eigenvalue weighted by Gasteiger charge is -2.28. The van der Waals surface area contributed by atoms with Gasteiger partial charge in [-0.1, -0.05) is 19.1 Å². The molecule has 4 rings (SSSR count). The van der Waals surface area contributed by atoms with Crippen molar-refractivity contribution in [3.05, 3.63) is 58.9 Å². The maximum Gasteiger partial charge on any atom is 0.269 e. The minimum atomic E-state index is -0.760. The van der Waals surface area contributed by atoms with E-state index < -0.39 is 23.8 Å². The summed E-state index contributed by atoms with van der Waals surface area (Å²) in [5.74, 6) is -1.86. The number of rotatable bonds is 6. The highest BCUT2D eigenvalue weighted by atomic mass is 19.1. The predicted octanol–water partition coefficient (Wildman–Crippen LogP) is 3.05. The number of nitrogens with zero attached hydrogens (tertiary/aromatic N) is 2. The van der Waals surface area contributed by atoms with Crippen LogP contribution >= 0.6 is 0 Å². The van der Waals surface area contributed by atoms with Gasteiger partial charge < -0.3 is 15.4 Å². The Bertz CT molecular complexity index is 1120. The first-order chi connectivity index (χ1) is 15.9. The largest absolute Gasteiger partial charge is 0.478 e. The van der Waals surface area contributed by atoms with E-state index >= 15 is 0 Å². The molecule has 1 aromatic carbocycles. The lowest BCUT2D eigenvalue weighted by atomic mass is 10.1. The number of carbonyl (C=O) groups excluding carboxylic acids is 2. The summed E-state index contributed by atoms with van der Waals surface area (Å²) in [6, 6.07) is 6.16. The van der Waals surface area contributed by atoms with Crippen molar-refractivity contribution in [2.24, 2.45) is 0 Å². The van der Waals surface area contributed by atoms with Crippen molar-refractivity contribution < 1.29 is 27.9 Å². The fraction of sp³-hybridized carbons (Fsp3) is 0.348. The Balaban J connectivity index is 1.44. The van der Waals surface area contributed by atoms with Crippen molar-refractivity contribution in [2.45, 2.75) is 32.9 Å². The summed E-state index contributed by atoms with van der Waals surface area (Å²) in [7, 11) is 0. The molecule has 2 N–H and O–H groups in total. The third kappa shape index (κ3) is 4.71. The van der Waals surface area contributed by atoms with E-state index in [2.05, 4.69) is 15.6 Å². The molecule has 0 bridgehead atoms. The molecular formula is C23H24F2N4O4. The van der Waals surface area contributed by atoms with E-state index in [-0.39, 0.29) is 42.5 Å². The molecular weight excluding hydrogens is 434 g/mol. The summed E-state index contributed by atoms with van der Waals surface area (Å²) < 4.78 is 35.0. The van der Waals surface area contributed by atoms with Gasteiger partial charge in [0.2, 0.25) is 5.95 Å². The second kappa shape index (κ2) is 9.63. The van der Waals surface area contributed by atoms with Crippen LogP contribution in [0.2, 0.25) is 0 Å². The number of carbonyl (C=O) groups is 2. The second-order valence-electron chi connectivity index (χ2n) is 7.64. The van der Waals surface area contributed by atoms with Gasteiger partial charge in [-0.25, -0.2) is 9.37 Å². The van der Waals surface area contributed by atoms with E-state index in [0.717, 1.165) is 0 Å². The molecule has 2 aliphatic heterocycles. The van der Waals surface area contributed by atoms with Crippen LogP contribution in [0, 0.1) is 11.8 Å². The van der Waals surface area contributed by atoms with Crippen LogP contribution in [0.25, 0.3) is 5.57 Å². The smallest absolute Gasteiger partial charge is 0.269 e. The van der Waals surface area contributed by atoms with Crippen LogP contribution in [0.4, 0.5) is 14.5 Å². The number of benzene rings is 1. The molecule has 174 valence electrons. The number of aromatic nitrogens is 1. The van der Waals surface area contributed by atoms with Crippen molar-refractivity contribution in [1.29, 1.82) is 0 Å². The number of halogens is 2. The van der Waals surface area contributed by atoms with Gasteiger partial charge in [-0.15, -0.1) is 0 Å². The van der Waals surface area contributed by atoms with Crippen LogP contribution < -0.4 is 15.4 Å². The highest BCUT2D eigenvalue weighted by Gasteiger charge is 2.29. The number of pyridine rings is 1. The van der Waals surface area contributed by atoms with Crippen LogP contribution in [0.5, 0.6) is 5.75 Å². The number of anilines is 1. The first kappa shape index (κ1) is 22.8. The normalized spacial score (nSPS) is 18.1. The first-order valence-electron chi connectivity index (χ1n) is 10.7. The van der Waals surface area contributed by atoms with Crippen molar-refractivity contribution in [3.63, 3.8) is 0 Å². The molecule has 2 aliphatic rings. The minimum Gasteiger partial charge on any atom is -0.478 e. The number of nitrogens with one attached hydrogen (secondary N) is 2. The molecule has 1 aromatic heterocycles. The average molecular weight is 458 g/mol. The third-order valence-corrected chi connectivity index (χ3v) is 5.42. The second-order valence-corrected chi connectivity index (χ2v) is 7.64. The minimum absolute atomic E-state index is 0.00117. The van der Waals surface area contributed by atoms with Crippen LogP contribution in [-0.4, -0.2) is 47.7 Å². The fourth-order valence-corrected chi connectivity index (χ4v) is 3.64. The Labute approximate surface area is 189 Å². The molecule has 0 radical (unpaired) electrons. The van der Waals surface area contributed by atoms with E-state index in [1.54, 1.807) is 25.1 Å². The maximum atomic E-state index is 15.0. The predicted molar refractivity (Wildman–Crippen MR) is 116 cm³/mol. The number of ether oxygens (including phenoxy) is 1. The Kier molecular flexibility index (Phi) is 6.66. The van der Waals surface area contributed by atoms with Gasteiger partial charge in [0, 0.05) is 24.2 Å². The molecule has 1 atom stereocenters. The lowest BCUT2D eigenvalue weighted by Crippen LogP contribution is -2.37. The van der Waals surface area contributed by atoms with Gasteiger partial charge in [0.05, 0.1) is 13.2 Å². The zero-order chi connectivity index (χ0) is 23.5. The van der Waals surface area contributed by atoms with Gasteiger partial charge in [-0.05, 0) is 37.1 Å². The fourth-order valence-electron chi connectivity index (χ4n) is 3.64. The van der Waals surface area contributed by atoms with Gasteiger partial charge in [-0.2, -0.15) is 9.45 Å². The van der Waals surface area contributed by atoms with E-state index in [0.29, 0.717) is 29.9 Å². The van der Waals surface area contributed by atoms with E-state index in [1.165, 1.54) is 17.2 Å². The Morgan fingerprint density at radius 2 is 2.09 bits per heavy atom. The SMILES string of the molecule is CCNC(=O)c1ccc(C2=CCN(Cc3ccc4c(c3F)NC(=O)C(CC)O4)OC2)c(F)n1. The van der Waals surface area contributed by atoms with E-state index in [4.69, 9.17) is 9.57 Å². The molecule has 8 nitrogen and oxygen atoms in total. The van der Waals surface area contributed by atoms with Crippen LogP contribution in [-0.2, 0) is 16.2 Å². The molecule has 3 heterocycles. The summed E-state index contributed by atoms with van der Waals surface area (Å²) in [6.07, 6.45) is 1.61. The zero-order valence-corrected chi connectivity index (χ0v) is 18.3. The van der Waals surface area contributed by atoms with Gasteiger partial charge in [0.15, 0.2) is 11.9 Å². The highest BCUT2D eigenvalue weighted by molar-refractivity contribution is 5.98. The molecule has 2 aromatic rings. The number of hydrogen-bond donors (Lipinski definition) is 2. The molecule has 0 saturated heterocycles. The summed E-state index contributed by atoms with van der Waals surface area (Å²) in [4.78, 5) is 33.3. The molecule has 0 saturated carbocycles. The summed E-state index contributed by atoms with van der Waals surface area (Å²) >= 11 is 0. The van der Waals surface area contributed by atoms with Crippen LogP contribution in [0.15, 0.2) is 30.3 Å². The zero-order valence-electron chi connectivity index (χ0n) is 18.3. The quantitative estimate of drug-likeness (QED) is 0.647. The number of fused-ring (bicyclic) bond motifs is 1. The Morgan fingerprint density at radius 1 is 1.27 bits per heavy atom. The Morgan fingerprint density at radius 3 is 2.76 bits per heavy atom. The lowest BCUT2D eigenvalue weighted by molar-refractivity contribution is -0.151. The monoisotopic (exact) mass is 458 g/mol. The summed E-state index contributed by atoms with van der Waals surface area (Å²) in [5, 5.41) is 6.68. The van der Waals surface area contributed by atoms with Crippen molar-refractivity contribution in [1.82, 2.24) is 15.4 Å². The highest BCUT2D eigenvalue weighted by Crippen LogP contribution is 2.35.